The van der Waals surface area contributed by atoms with Crippen molar-refractivity contribution in [1.82, 2.24) is 0 Å². The molecular weight excluding hydrogens is 343 g/mol. The van der Waals surface area contributed by atoms with Gasteiger partial charge in [0.25, 0.3) is 0 Å². The Kier molecular flexibility index (Phi) is 4.29. The van der Waals surface area contributed by atoms with Crippen LogP contribution >= 0.6 is 35.0 Å². The number of rotatable bonds is 1. The number of imide groups is 1. The zero-order valence-electron chi connectivity index (χ0n) is 11.2. The second-order valence-corrected chi connectivity index (χ2v) is 6.40. The molecule has 1 aliphatic heterocycles. The van der Waals surface area contributed by atoms with Gasteiger partial charge in [0, 0.05) is 9.92 Å². The number of para-hydroxylation sites is 1. The minimum absolute atomic E-state index is 0.221. The van der Waals surface area contributed by atoms with Crippen molar-refractivity contribution in [2.45, 2.75) is 4.90 Å². The molecule has 1 heterocycles. The zero-order chi connectivity index (χ0) is 15.7. The first kappa shape index (κ1) is 15.2. The molecule has 0 aromatic heterocycles. The molecule has 0 saturated heterocycles. The summed E-state index contributed by atoms with van der Waals surface area (Å²) in [5.41, 5.74) is 0.978. The predicted molar refractivity (Wildman–Crippen MR) is 90.1 cm³/mol. The molecule has 0 atom stereocenters. The van der Waals surface area contributed by atoms with Gasteiger partial charge in [-0.15, -0.1) is 11.8 Å². The first-order valence-electron chi connectivity index (χ1n) is 6.37. The minimum Gasteiger partial charge on any atom is -0.306 e. The summed E-state index contributed by atoms with van der Waals surface area (Å²) in [6.45, 7) is 0. The minimum atomic E-state index is -0.540. The highest BCUT2D eigenvalue weighted by Crippen LogP contribution is 2.35. The summed E-state index contributed by atoms with van der Waals surface area (Å²) in [5.74, 6) is -0.0509. The van der Waals surface area contributed by atoms with E-state index in [2.05, 4.69) is 5.32 Å². The van der Waals surface area contributed by atoms with Gasteiger partial charge in [-0.25, -0.2) is 9.69 Å². The molecule has 7 heteroatoms. The van der Waals surface area contributed by atoms with E-state index in [-0.39, 0.29) is 11.7 Å². The first-order valence-corrected chi connectivity index (χ1v) is 8.11. The SMILES string of the molecule is O=C1CSc2ccccc2N1C(=O)Nc1ccc(Cl)cc1Cl. The predicted octanol–water partition coefficient (Wildman–Crippen LogP) is 4.66. The second kappa shape index (κ2) is 6.20. The molecule has 0 radical (unpaired) electrons. The Morgan fingerprint density at radius 1 is 1.18 bits per heavy atom. The fourth-order valence-corrected chi connectivity index (χ4v) is 3.43. The molecule has 4 nitrogen and oxygen atoms in total. The van der Waals surface area contributed by atoms with Gasteiger partial charge in [0.05, 0.1) is 22.2 Å². The normalized spacial score (nSPS) is 13.7. The molecule has 1 aliphatic rings. The third-order valence-electron chi connectivity index (χ3n) is 3.08. The van der Waals surface area contributed by atoms with Crippen molar-refractivity contribution >= 4 is 58.3 Å². The highest BCUT2D eigenvalue weighted by Gasteiger charge is 2.30. The lowest BCUT2D eigenvalue weighted by atomic mass is 10.2. The van der Waals surface area contributed by atoms with Crippen molar-refractivity contribution in [2.24, 2.45) is 0 Å². The molecule has 0 unspecified atom stereocenters. The number of thioether (sulfide) groups is 1. The molecule has 112 valence electrons. The third-order valence-corrected chi connectivity index (χ3v) is 4.68. The van der Waals surface area contributed by atoms with Crippen molar-refractivity contribution in [3.8, 4) is 0 Å². The maximum absolute atomic E-state index is 12.5. The van der Waals surface area contributed by atoms with Gasteiger partial charge in [0.1, 0.15) is 0 Å². The molecule has 0 saturated carbocycles. The van der Waals surface area contributed by atoms with E-state index in [9.17, 15) is 9.59 Å². The molecule has 22 heavy (non-hydrogen) atoms. The average Bonchev–Trinajstić information content (AvgIpc) is 2.50. The maximum Gasteiger partial charge on any atom is 0.333 e. The molecule has 2 aromatic rings. The number of hydrogen-bond donors (Lipinski definition) is 1. The molecule has 0 fully saturated rings. The monoisotopic (exact) mass is 352 g/mol. The number of nitrogens with one attached hydrogen (secondary N) is 1. The van der Waals surface area contributed by atoms with E-state index in [1.54, 1.807) is 24.3 Å². The molecule has 1 N–H and O–H groups in total. The molecule has 2 aromatic carbocycles. The standard InChI is InChI=1S/C15H10Cl2N2O2S/c16-9-5-6-11(10(17)7-9)18-15(21)19-12-3-1-2-4-13(12)22-8-14(19)20/h1-7H,8H2,(H,18,21). The van der Waals surface area contributed by atoms with E-state index in [1.807, 2.05) is 12.1 Å². The van der Waals surface area contributed by atoms with Crippen LogP contribution in [0, 0.1) is 0 Å². The Morgan fingerprint density at radius 3 is 2.73 bits per heavy atom. The quantitative estimate of drug-likeness (QED) is 0.811. The number of hydrogen-bond acceptors (Lipinski definition) is 3. The lowest BCUT2D eigenvalue weighted by Gasteiger charge is -2.27. The number of nitrogens with zero attached hydrogens (tertiary/aromatic N) is 1. The molecule has 3 rings (SSSR count). The smallest absolute Gasteiger partial charge is 0.306 e. The van der Waals surface area contributed by atoms with Crippen LogP contribution in [0.3, 0.4) is 0 Å². The number of benzene rings is 2. The number of carbonyl (C=O) groups excluding carboxylic acids is 2. The van der Waals surface area contributed by atoms with E-state index < -0.39 is 6.03 Å². The van der Waals surface area contributed by atoms with Crippen molar-refractivity contribution < 1.29 is 9.59 Å². The first-order chi connectivity index (χ1) is 10.6. The molecule has 3 amide bonds. The fraction of sp³-hybridized carbons (Fsp3) is 0.0667. The van der Waals surface area contributed by atoms with E-state index in [0.717, 1.165) is 9.80 Å². The summed E-state index contributed by atoms with van der Waals surface area (Å²) in [6.07, 6.45) is 0. The van der Waals surface area contributed by atoms with Gasteiger partial charge in [0.15, 0.2) is 0 Å². The number of fused-ring (bicyclic) bond motifs is 1. The third kappa shape index (κ3) is 2.92. The van der Waals surface area contributed by atoms with Gasteiger partial charge in [-0.2, -0.15) is 0 Å². The van der Waals surface area contributed by atoms with Crippen LogP contribution in [0.4, 0.5) is 16.2 Å². The van der Waals surface area contributed by atoms with Gasteiger partial charge in [-0.1, -0.05) is 35.3 Å². The van der Waals surface area contributed by atoms with Crippen LogP contribution < -0.4 is 10.2 Å². The number of anilines is 2. The molecule has 0 aliphatic carbocycles. The topological polar surface area (TPSA) is 49.4 Å². The Hall–Kier alpha value is -1.69. The second-order valence-electron chi connectivity index (χ2n) is 4.54. The summed E-state index contributed by atoms with van der Waals surface area (Å²) in [5, 5.41) is 3.43. The summed E-state index contributed by atoms with van der Waals surface area (Å²) in [7, 11) is 0. The number of halogens is 2. The van der Waals surface area contributed by atoms with Gasteiger partial charge in [-0.05, 0) is 30.3 Å². The Balaban J connectivity index is 1.90. The number of urea groups is 1. The zero-order valence-corrected chi connectivity index (χ0v) is 13.5. The van der Waals surface area contributed by atoms with Gasteiger partial charge in [0.2, 0.25) is 5.91 Å². The van der Waals surface area contributed by atoms with Crippen molar-refractivity contribution in [2.75, 3.05) is 16.0 Å². The van der Waals surface area contributed by atoms with Gasteiger partial charge in [-0.3, -0.25) is 4.79 Å². The molecule has 0 spiro atoms. The van der Waals surface area contributed by atoms with Crippen LogP contribution in [0.25, 0.3) is 0 Å². The van der Waals surface area contributed by atoms with E-state index in [4.69, 9.17) is 23.2 Å². The van der Waals surface area contributed by atoms with Crippen molar-refractivity contribution in [1.29, 1.82) is 0 Å². The summed E-state index contributed by atoms with van der Waals surface area (Å²) < 4.78 is 0. The largest absolute Gasteiger partial charge is 0.333 e. The Labute approximate surface area is 141 Å². The Bertz CT molecular complexity index is 767. The lowest BCUT2D eigenvalue weighted by Crippen LogP contribution is -2.43. The maximum atomic E-state index is 12.5. The van der Waals surface area contributed by atoms with Crippen molar-refractivity contribution in [3.63, 3.8) is 0 Å². The fourth-order valence-electron chi connectivity index (χ4n) is 2.09. The lowest BCUT2D eigenvalue weighted by molar-refractivity contribution is -0.115. The van der Waals surface area contributed by atoms with Crippen LogP contribution in [0.15, 0.2) is 47.4 Å². The van der Waals surface area contributed by atoms with Crippen LogP contribution in [0.1, 0.15) is 0 Å². The van der Waals surface area contributed by atoms with Crippen molar-refractivity contribution in [3.05, 3.63) is 52.5 Å². The summed E-state index contributed by atoms with van der Waals surface area (Å²) in [4.78, 5) is 26.6. The highest BCUT2D eigenvalue weighted by atomic mass is 35.5. The van der Waals surface area contributed by atoms with Crippen LogP contribution in [0.2, 0.25) is 10.0 Å². The molecular formula is C15H10Cl2N2O2S. The van der Waals surface area contributed by atoms with Gasteiger partial charge < -0.3 is 5.32 Å². The van der Waals surface area contributed by atoms with Crippen LogP contribution in [-0.4, -0.2) is 17.7 Å². The van der Waals surface area contributed by atoms with E-state index in [1.165, 1.54) is 17.8 Å². The summed E-state index contributed by atoms with van der Waals surface area (Å²) in [6, 6.07) is 11.5. The molecule has 0 bridgehead atoms. The summed E-state index contributed by atoms with van der Waals surface area (Å²) >= 11 is 13.3. The number of carbonyl (C=O) groups is 2. The van der Waals surface area contributed by atoms with Crippen LogP contribution in [0.5, 0.6) is 0 Å². The van der Waals surface area contributed by atoms with Crippen LogP contribution in [-0.2, 0) is 4.79 Å². The highest BCUT2D eigenvalue weighted by molar-refractivity contribution is 8.00. The number of amides is 3. The average molecular weight is 353 g/mol. The van der Waals surface area contributed by atoms with Gasteiger partial charge >= 0.3 is 6.03 Å². The van der Waals surface area contributed by atoms with E-state index in [0.29, 0.717) is 21.4 Å². The Morgan fingerprint density at radius 2 is 1.95 bits per heavy atom. The van der Waals surface area contributed by atoms with E-state index >= 15 is 0 Å².